The Morgan fingerprint density at radius 2 is 2.10 bits per heavy atom. The Balaban J connectivity index is 1.95. The molecule has 1 fully saturated rings. The van der Waals surface area contributed by atoms with Gasteiger partial charge in [-0.2, -0.15) is 0 Å². The van der Waals surface area contributed by atoms with Gasteiger partial charge in [-0.25, -0.2) is 0 Å². The van der Waals surface area contributed by atoms with Crippen molar-refractivity contribution in [3.63, 3.8) is 0 Å². The van der Waals surface area contributed by atoms with Gasteiger partial charge in [0.2, 0.25) is 17.2 Å². The van der Waals surface area contributed by atoms with E-state index in [9.17, 15) is 14.4 Å². The summed E-state index contributed by atoms with van der Waals surface area (Å²) in [7, 11) is 0. The van der Waals surface area contributed by atoms with Crippen LogP contribution in [0.5, 0.6) is 0 Å². The average molecular weight is 288 g/mol. The molecule has 0 saturated heterocycles. The first kappa shape index (κ1) is 13.8. The van der Waals surface area contributed by atoms with Crippen molar-refractivity contribution in [3.8, 4) is 0 Å². The molecule has 21 heavy (non-hydrogen) atoms. The Bertz CT molecular complexity index is 633. The van der Waals surface area contributed by atoms with Crippen LogP contribution in [0, 0.1) is 5.92 Å². The largest absolute Gasteiger partial charge is 0.468 e. The van der Waals surface area contributed by atoms with E-state index >= 15 is 0 Å². The van der Waals surface area contributed by atoms with Crippen molar-refractivity contribution >= 4 is 17.5 Å². The molecule has 0 amide bonds. The minimum Gasteiger partial charge on any atom is -0.468 e. The van der Waals surface area contributed by atoms with Crippen LogP contribution in [0.4, 0.5) is 0 Å². The Labute approximate surface area is 122 Å². The lowest BCUT2D eigenvalue weighted by Gasteiger charge is -2.31. The molecule has 0 aromatic heterocycles. The molecule has 2 aliphatic carbocycles. The number of ether oxygens (including phenoxy) is 2. The van der Waals surface area contributed by atoms with Crippen LogP contribution in [-0.4, -0.2) is 23.1 Å². The standard InChI is InChI=1S/C16H16O5/c1-3-14(18)21-16(2)13(17)7-10-6-12(9-4-5-9)20-8-11(10)15(16)19/h6-9H,3-5H2,1-2H3. The maximum absolute atomic E-state index is 12.5. The van der Waals surface area contributed by atoms with E-state index < -0.39 is 23.1 Å². The third-order valence-corrected chi connectivity index (χ3v) is 3.94. The van der Waals surface area contributed by atoms with Crippen LogP contribution in [-0.2, 0) is 23.9 Å². The number of fused-ring (bicyclic) bond motifs is 1. The van der Waals surface area contributed by atoms with Crippen LogP contribution >= 0.6 is 0 Å². The molecule has 0 aromatic carbocycles. The molecule has 1 atom stereocenters. The molecule has 5 nitrogen and oxygen atoms in total. The summed E-state index contributed by atoms with van der Waals surface area (Å²) in [5.74, 6) is -0.435. The minimum absolute atomic E-state index is 0.105. The molecule has 3 rings (SSSR count). The maximum Gasteiger partial charge on any atom is 0.306 e. The minimum atomic E-state index is -1.78. The second kappa shape index (κ2) is 4.69. The van der Waals surface area contributed by atoms with Crippen molar-refractivity contribution in [2.45, 2.75) is 38.7 Å². The molecule has 0 aromatic rings. The Morgan fingerprint density at radius 3 is 2.71 bits per heavy atom. The highest BCUT2D eigenvalue weighted by molar-refractivity contribution is 6.26. The summed E-state index contributed by atoms with van der Waals surface area (Å²) in [4.78, 5) is 36.2. The Morgan fingerprint density at radius 1 is 1.38 bits per heavy atom. The van der Waals surface area contributed by atoms with Crippen molar-refractivity contribution in [1.29, 1.82) is 0 Å². The van der Waals surface area contributed by atoms with Gasteiger partial charge in [-0.15, -0.1) is 0 Å². The van der Waals surface area contributed by atoms with Gasteiger partial charge < -0.3 is 9.47 Å². The number of hydrogen-bond donors (Lipinski definition) is 0. The normalized spacial score (nSPS) is 28.0. The summed E-state index contributed by atoms with van der Waals surface area (Å²) in [6.07, 6.45) is 6.71. The fraction of sp³-hybridized carbons (Fsp3) is 0.438. The summed E-state index contributed by atoms with van der Waals surface area (Å²) < 4.78 is 10.6. The first-order chi connectivity index (χ1) is 9.95. The number of esters is 1. The van der Waals surface area contributed by atoms with Gasteiger partial charge in [0.05, 0.1) is 5.57 Å². The number of allylic oxidation sites excluding steroid dienone is 3. The smallest absolute Gasteiger partial charge is 0.306 e. The number of ketones is 2. The fourth-order valence-corrected chi connectivity index (χ4v) is 2.39. The van der Waals surface area contributed by atoms with E-state index in [1.165, 1.54) is 19.3 Å². The van der Waals surface area contributed by atoms with Gasteiger partial charge in [-0.05, 0) is 37.5 Å². The van der Waals surface area contributed by atoms with Gasteiger partial charge in [-0.1, -0.05) is 6.92 Å². The van der Waals surface area contributed by atoms with Crippen molar-refractivity contribution in [1.82, 2.24) is 0 Å². The van der Waals surface area contributed by atoms with Gasteiger partial charge in [0.25, 0.3) is 0 Å². The molecule has 1 saturated carbocycles. The van der Waals surface area contributed by atoms with Crippen LogP contribution in [0.2, 0.25) is 0 Å². The molecule has 3 aliphatic rings. The van der Waals surface area contributed by atoms with Gasteiger partial charge in [0.1, 0.15) is 12.0 Å². The molecule has 0 N–H and O–H groups in total. The van der Waals surface area contributed by atoms with E-state index in [0.29, 0.717) is 11.5 Å². The number of Topliss-reactive ketones (excluding diaryl/α,β-unsaturated/α-hetero) is 1. The molecule has 5 heteroatoms. The summed E-state index contributed by atoms with van der Waals surface area (Å²) in [5.41, 5.74) is -0.954. The number of hydrogen-bond acceptors (Lipinski definition) is 5. The molecule has 1 unspecified atom stereocenters. The van der Waals surface area contributed by atoms with Crippen molar-refractivity contribution in [2.24, 2.45) is 5.92 Å². The average Bonchev–Trinajstić information content (AvgIpc) is 3.29. The lowest BCUT2D eigenvalue weighted by atomic mass is 9.80. The van der Waals surface area contributed by atoms with Crippen LogP contribution in [0.15, 0.2) is 35.3 Å². The maximum atomic E-state index is 12.5. The van der Waals surface area contributed by atoms with E-state index in [2.05, 4.69) is 0 Å². The van der Waals surface area contributed by atoms with Gasteiger partial charge in [-0.3, -0.25) is 14.4 Å². The van der Waals surface area contributed by atoms with Crippen molar-refractivity contribution < 1.29 is 23.9 Å². The molecular weight excluding hydrogens is 272 g/mol. The second-order valence-corrected chi connectivity index (χ2v) is 5.62. The fourth-order valence-electron chi connectivity index (χ4n) is 2.39. The molecule has 0 bridgehead atoms. The molecule has 110 valence electrons. The predicted molar refractivity (Wildman–Crippen MR) is 72.9 cm³/mol. The zero-order valence-electron chi connectivity index (χ0n) is 12.0. The number of carbonyl (C=O) groups is 3. The lowest BCUT2D eigenvalue weighted by molar-refractivity contribution is -0.168. The van der Waals surface area contributed by atoms with Crippen LogP contribution in [0.3, 0.4) is 0 Å². The Hall–Kier alpha value is -2.17. The highest BCUT2D eigenvalue weighted by Crippen LogP contribution is 2.42. The van der Waals surface area contributed by atoms with E-state index in [1.807, 2.05) is 0 Å². The molecule has 0 radical (unpaired) electrons. The first-order valence-corrected chi connectivity index (χ1v) is 7.07. The van der Waals surface area contributed by atoms with E-state index in [0.717, 1.165) is 18.6 Å². The number of rotatable bonds is 3. The van der Waals surface area contributed by atoms with Gasteiger partial charge >= 0.3 is 5.97 Å². The van der Waals surface area contributed by atoms with Crippen LogP contribution in [0.1, 0.15) is 33.1 Å². The lowest BCUT2D eigenvalue weighted by Crippen LogP contribution is -2.50. The van der Waals surface area contributed by atoms with Crippen molar-refractivity contribution in [2.75, 3.05) is 0 Å². The van der Waals surface area contributed by atoms with E-state index in [-0.39, 0.29) is 12.0 Å². The predicted octanol–water partition coefficient (Wildman–Crippen LogP) is 1.98. The van der Waals surface area contributed by atoms with Gasteiger partial charge in [0.15, 0.2) is 0 Å². The van der Waals surface area contributed by atoms with Gasteiger partial charge in [0, 0.05) is 12.3 Å². The summed E-state index contributed by atoms with van der Waals surface area (Å²) >= 11 is 0. The summed E-state index contributed by atoms with van der Waals surface area (Å²) in [5, 5.41) is 0. The van der Waals surface area contributed by atoms with Crippen LogP contribution in [0.25, 0.3) is 0 Å². The summed E-state index contributed by atoms with van der Waals surface area (Å²) in [6.45, 7) is 2.94. The molecule has 0 spiro atoms. The highest BCUT2D eigenvalue weighted by atomic mass is 16.6. The topological polar surface area (TPSA) is 69.7 Å². The first-order valence-electron chi connectivity index (χ1n) is 7.07. The molecular formula is C16H16O5. The zero-order chi connectivity index (χ0) is 15.2. The summed E-state index contributed by atoms with van der Waals surface area (Å²) in [6, 6.07) is 0. The van der Waals surface area contributed by atoms with E-state index in [1.54, 1.807) is 13.0 Å². The Kier molecular flexibility index (Phi) is 3.08. The highest BCUT2D eigenvalue weighted by Gasteiger charge is 2.49. The molecule has 1 heterocycles. The van der Waals surface area contributed by atoms with Crippen LogP contribution < -0.4 is 0 Å². The molecule has 1 aliphatic heterocycles. The third kappa shape index (κ3) is 2.22. The monoisotopic (exact) mass is 288 g/mol. The van der Waals surface area contributed by atoms with E-state index in [4.69, 9.17) is 9.47 Å². The SMILES string of the molecule is CCC(=O)OC1(C)C(=O)C=C2C=C(C3CC3)OC=C2C1=O. The zero-order valence-corrected chi connectivity index (χ0v) is 12.0. The quantitative estimate of drug-likeness (QED) is 0.586. The second-order valence-electron chi connectivity index (χ2n) is 5.62. The number of carbonyl (C=O) groups excluding carboxylic acids is 3. The third-order valence-electron chi connectivity index (χ3n) is 3.94. The van der Waals surface area contributed by atoms with Crippen molar-refractivity contribution in [3.05, 3.63) is 35.3 Å².